The number of nitrogens with zero attached hydrogens (tertiary/aromatic N) is 2. The molecule has 4 heteroatoms. The summed E-state index contributed by atoms with van der Waals surface area (Å²) in [5.41, 5.74) is 4.28. The van der Waals surface area contributed by atoms with E-state index in [9.17, 15) is 0 Å². The second-order valence-corrected chi connectivity index (χ2v) is 7.47. The molecule has 0 aliphatic carbocycles. The van der Waals surface area contributed by atoms with Crippen molar-refractivity contribution >= 4 is 16.5 Å². The van der Waals surface area contributed by atoms with Crippen molar-refractivity contribution in [2.24, 2.45) is 5.16 Å². The Morgan fingerprint density at radius 1 is 0.966 bits per heavy atom. The van der Waals surface area contributed by atoms with Gasteiger partial charge in [0.2, 0.25) is 0 Å². The van der Waals surface area contributed by atoms with Crippen LogP contribution >= 0.6 is 0 Å². The molecule has 4 rings (SSSR count). The molecule has 0 saturated carbocycles. The van der Waals surface area contributed by atoms with Gasteiger partial charge >= 0.3 is 0 Å². The van der Waals surface area contributed by atoms with Crippen LogP contribution in [-0.4, -0.2) is 50.1 Å². The Labute approximate surface area is 172 Å². The van der Waals surface area contributed by atoms with Crippen LogP contribution in [0.3, 0.4) is 0 Å². The van der Waals surface area contributed by atoms with Gasteiger partial charge in [-0.3, -0.25) is 4.90 Å². The Bertz CT molecular complexity index is 955. The van der Waals surface area contributed by atoms with E-state index in [1.54, 1.807) is 0 Å². The molecule has 150 valence electrons. The van der Waals surface area contributed by atoms with Crippen molar-refractivity contribution in [1.29, 1.82) is 0 Å². The van der Waals surface area contributed by atoms with Crippen LogP contribution in [0.5, 0.6) is 0 Å². The minimum Gasteiger partial charge on any atom is -0.395 e. The van der Waals surface area contributed by atoms with Gasteiger partial charge < -0.3 is 9.57 Å². The van der Waals surface area contributed by atoms with Gasteiger partial charge in [-0.15, -0.1) is 0 Å². The molecule has 0 aromatic heterocycles. The molecule has 1 aliphatic heterocycles. The molecule has 0 amide bonds. The first-order valence-corrected chi connectivity index (χ1v) is 10.4. The van der Waals surface area contributed by atoms with E-state index in [1.165, 1.54) is 16.3 Å². The highest BCUT2D eigenvalue weighted by atomic mass is 16.6. The van der Waals surface area contributed by atoms with Gasteiger partial charge in [0.25, 0.3) is 0 Å². The van der Waals surface area contributed by atoms with Crippen molar-refractivity contribution in [3.05, 3.63) is 83.4 Å². The molecule has 0 bridgehead atoms. The Hall–Kier alpha value is -2.69. The maximum atomic E-state index is 5.80. The lowest BCUT2D eigenvalue weighted by molar-refractivity contribution is 0.0323. The predicted octanol–water partition coefficient (Wildman–Crippen LogP) is 4.64. The highest BCUT2D eigenvalue weighted by Gasteiger charge is 2.12. The number of benzene rings is 3. The lowest BCUT2D eigenvalue weighted by atomic mass is 9.96. The van der Waals surface area contributed by atoms with E-state index < -0.39 is 0 Å². The summed E-state index contributed by atoms with van der Waals surface area (Å²) in [4.78, 5) is 8.22. The summed E-state index contributed by atoms with van der Waals surface area (Å²) in [5.74, 6) is 0. The molecule has 1 saturated heterocycles. The maximum Gasteiger partial charge on any atom is 0.118 e. The molecule has 29 heavy (non-hydrogen) atoms. The molecule has 4 nitrogen and oxygen atoms in total. The fraction of sp³-hybridized carbons (Fsp3) is 0.320. The summed E-state index contributed by atoms with van der Waals surface area (Å²) >= 11 is 0. The monoisotopic (exact) mass is 388 g/mol. The van der Waals surface area contributed by atoms with Crippen molar-refractivity contribution in [3.63, 3.8) is 0 Å². The lowest BCUT2D eigenvalue weighted by Gasteiger charge is -2.26. The Morgan fingerprint density at radius 3 is 2.55 bits per heavy atom. The zero-order chi connectivity index (χ0) is 19.9. The van der Waals surface area contributed by atoms with E-state index in [0.29, 0.717) is 6.61 Å². The largest absolute Gasteiger partial charge is 0.395 e. The summed E-state index contributed by atoms with van der Waals surface area (Å²) in [5, 5.41) is 6.99. The molecule has 1 aliphatic rings. The van der Waals surface area contributed by atoms with Crippen LogP contribution in [0.4, 0.5) is 0 Å². The zero-order valence-electron chi connectivity index (χ0n) is 17.0. The lowest BCUT2D eigenvalue weighted by Crippen LogP contribution is -2.37. The third-order valence-corrected chi connectivity index (χ3v) is 5.34. The van der Waals surface area contributed by atoms with Crippen LogP contribution < -0.4 is 0 Å². The van der Waals surface area contributed by atoms with Gasteiger partial charge in [-0.05, 0) is 24.1 Å². The van der Waals surface area contributed by atoms with Gasteiger partial charge in [-0.25, -0.2) is 0 Å². The molecule has 0 atom stereocenters. The second-order valence-electron chi connectivity index (χ2n) is 7.47. The van der Waals surface area contributed by atoms with Crippen molar-refractivity contribution in [3.8, 4) is 0 Å². The topological polar surface area (TPSA) is 34.1 Å². The standard InChI is InChI=1S/C25H28N2O2/c1-20-10-12-22(13-11-20)25(24-9-4-7-21-6-2-3-8-23(21)24)26-29-17-5-14-27-15-18-28-19-16-27/h2-4,6-13H,5,14-19H2,1H3/b26-25-. The van der Waals surface area contributed by atoms with Crippen LogP contribution in [0.15, 0.2) is 71.9 Å². The fourth-order valence-electron chi connectivity index (χ4n) is 3.69. The summed E-state index contributed by atoms with van der Waals surface area (Å²) in [6, 6.07) is 23.2. The van der Waals surface area contributed by atoms with Gasteiger partial charge in [0.15, 0.2) is 0 Å². The molecule has 0 N–H and O–H groups in total. The molecule has 0 radical (unpaired) electrons. The normalized spacial score (nSPS) is 15.6. The first kappa shape index (κ1) is 19.6. The highest BCUT2D eigenvalue weighted by Crippen LogP contribution is 2.22. The number of fused-ring (bicyclic) bond motifs is 1. The van der Waals surface area contributed by atoms with E-state index in [1.807, 2.05) is 0 Å². The molecular weight excluding hydrogens is 360 g/mol. The molecule has 3 aromatic rings. The third kappa shape index (κ3) is 5.03. The minimum atomic E-state index is 0.609. The number of hydrogen-bond acceptors (Lipinski definition) is 4. The molecule has 1 heterocycles. The van der Waals surface area contributed by atoms with Crippen molar-refractivity contribution in [2.75, 3.05) is 39.5 Å². The van der Waals surface area contributed by atoms with Crippen molar-refractivity contribution < 1.29 is 9.57 Å². The van der Waals surface area contributed by atoms with E-state index in [2.05, 4.69) is 83.7 Å². The number of morpholine rings is 1. The van der Waals surface area contributed by atoms with E-state index >= 15 is 0 Å². The Kier molecular flexibility index (Phi) is 6.55. The number of ether oxygens (including phenoxy) is 1. The van der Waals surface area contributed by atoms with Crippen molar-refractivity contribution in [2.45, 2.75) is 13.3 Å². The third-order valence-electron chi connectivity index (χ3n) is 5.34. The summed E-state index contributed by atoms with van der Waals surface area (Å²) in [7, 11) is 0. The van der Waals surface area contributed by atoms with Gasteiger partial charge in [0.1, 0.15) is 12.3 Å². The summed E-state index contributed by atoms with van der Waals surface area (Å²) in [6.07, 6.45) is 0.959. The SMILES string of the molecule is Cc1ccc(/C(=N/OCCCN2CCOCC2)c2cccc3ccccc23)cc1. The van der Waals surface area contributed by atoms with Gasteiger partial charge in [-0.2, -0.15) is 0 Å². The molecule has 0 unspecified atom stereocenters. The van der Waals surface area contributed by atoms with Crippen LogP contribution in [0.25, 0.3) is 10.8 Å². The summed E-state index contributed by atoms with van der Waals surface area (Å²) < 4.78 is 5.41. The fourth-order valence-corrected chi connectivity index (χ4v) is 3.69. The van der Waals surface area contributed by atoms with Crippen LogP contribution in [0.1, 0.15) is 23.1 Å². The van der Waals surface area contributed by atoms with Crippen LogP contribution in [0.2, 0.25) is 0 Å². The Balaban J connectivity index is 1.53. The number of aryl methyl sites for hydroxylation is 1. The summed E-state index contributed by atoms with van der Waals surface area (Å²) in [6.45, 7) is 7.41. The molecule has 3 aromatic carbocycles. The molecular formula is C25H28N2O2. The second kappa shape index (κ2) is 9.68. The first-order chi connectivity index (χ1) is 14.3. The number of oxime groups is 1. The number of hydrogen-bond donors (Lipinski definition) is 0. The Morgan fingerprint density at radius 2 is 1.72 bits per heavy atom. The van der Waals surface area contributed by atoms with Crippen LogP contribution in [0, 0.1) is 6.92 Å². The zero-order valence-corrected chi connectivity index (χ0v) is 17.0. The van der Waals surface area contributed by atoms with Crippen molar-refractivity contribution in [1.82, 2.24) is 4.90 Å². The average molecular weight is 389 g/mol. The maximum absolute atomic E-state index is 5.80. The number of rotatable bonds is 7. The van der Waals surface area contributed by atoms with E-state index in [-0.39, 0.29) is 0 Å². The van der Waals surface area contributed by atoms with Crippen LogP contribution in [-0.2, 0) is 9.57 Å². The van der Waals surface area contributed by atoms with E-state index in [0.717, 1.165) is 56.1 Å². The molecule has 0 spiro atoms. The highest BCUT2D eigenvalue weighted by molar-refractivity contribution is 6.19. The van der Waals surface area contributed by atoms with Gasteiger partial charge in [0, 0.05) is 30.8 Å². The quantitative estimate of drug-likeness (QED) is 0.336. The van der Waals surface area contributed by atoms with Gasteiger partial charge in [-0.1, -0.05) is 77.4 Å². The average Bonchev–Trinajstić information content (AvgIpc) is 2.78. The molecule has 1 fully saturated rings. The predicted molar refractivity (Wildman–Crippen MR) is 119 cm³/mol. The van der Waals surface area contributed by atoms with E-state index in [4.69, 9.17) is 9.57 Å². The smallest absolute Gasteiger partial charge is 0.118 e. The van der Waals surface area contributed by atoms with Gasteiger partial charge in [0.05, 0.1) is 13.2 Å². The minimum absolute atomic E-state index is 0.609. The first-order valence-electron chi connectivity index (χ1n) is 10.4.